The van der Waals surface area contributed by atoms with Crippen LogP contribution in [0.4, 0.5) is 0 Å². The zero-order chi connectivity index (χ0) is 12.5. The number of aliphatic hydroxyl groups excluding tert-OH is 1. The standard InChI is InChI=1S/C14H19NO2S/c16-9-11-5-1-2-7-15(11)14(17)13-8-10-4-3-6-12(10)18-13/h8,11,16H,1-7,9H2. The van der Waals surface area contributed by atoms with Crippen LogP contribution in [0.25, 0.3) is 0 Å². The third-order valence-corrected chi connectivity index (χ3v) is 5.28. The summed E-state index contributed by atoms with van der Waals surface area (Å²) in [5, 5.41) is 9.38. The van der Waals surface area contributed by atoms with Gasteiger partial charge in [-0.25, -0.2) is 0 Å². The molecule has 2 aliphatic rings. The highest BCUT2D eigenvalue weighted by molar-refractivity contribution is 7.14. The average molecular weight is 265 g/mol. The lowest BCUT2D eigenvalue weighted by Crippen LogP contribution is -2.45. The molecule has 1 aliphatic carbocycles. The Morgan fingerprint density at radius 3 is 3.06 bits per heavy atom. The molecule has 2 heterocycles. The number of hydrogen-bond acceptors (Lipinski definition) is 3. The molecule has 1 unspecified atom stereocenters. The smallest absolute Gasteiger partial charge is 0.264 e. The van der Waals surface area contributed by atoms with Crippen LogP contribution in [-0.2, 0) is 12.8 Å². The van der Waals surface area contributed by atoms with E-state index in [4.69, 9.17) is 0 Å². The fourth-order valence-electron chi connectivity index (χ4n) is 3.03. The van der Waals surface area contributed by atoms with Crippen molar-refractivity contribution < 1.29 is 9.90 Å². The summed E-state index contributed by atoms with van der Waals surface area (Å²) < 4.78 is 0. The van der Waals surface area contributed by atoms with Crippen molar-refractivity contribution in [1.82, 2.24) is 4.90 Å². The van der Waals surface area contributed by atoms with Gasteiger partial charge < -0.3 is 10.0 Å². The highest BCUT2D eigenvalue weighted by Gasteiger charge is 2.29. The van der Waals surface area contributed by atoms with Crippen molar-refractivity contribution >= 4 is 17.2 Å². The van der Waals surface area contributed by atoms with Crippen molar-refractivity contribution in [3.05, 3.63) is 21.4 Å². The van der Waals surface area contributed by atoms with Crippen LogP contribution < -0.4 is 0 Å². The molecule has 0 bridgehead atoms. The number of fused-ring (bicyclic) bond motifs is 1. The van der Waals surface area contributed by atoms with Gasteiger partial charge in [-0.1, -0.05) is 0 Å². The Hall–Kier alpha value is -0.870. The number of aryl methyl sites for hydroxylation is 2. The number of likely N-dealkylation sites (tertiary alicyclic amines) is 1. The number of aliphatic hydroxyl groups is 1. The molecule has 4 heteroatoms. The second-order valence-electron chi connectivity index (χ2n) is 5.24. The van der Waals surface area contributed by atoms with Crippen LogP contribution in [0.2, 0.25) is 0 Å². The van der Waals surface area contributed by atoms with Crippen LogP contribution >= 0.6 is 11.3 Å². The van der Waals surface area contributed by atoms with Crippen molar-refractivity contribution in [1.29, 1.82) is 0 Å². The topological polar surface area (TPSA) is 40.5 Å². The van der Waals surface area contributed by atoms with Crippen molar-refractivity contribution in [2.75, 3.05) is 13.2 Å². The van der Waals surface area contributed by atoms with E-state index in [-0.39, 0.29) is 18.6 Å². The number of amides is 1. The molecule has 3 nitrogen and oxygen atoms in total. The molecule has 1 saturated heterocycles. The Morgan fingerprint density at radius 2 is 2.28 bits per heavy atom. The van der Waals surface area contributed by atoms with Gasteiger partial charge in [-0.2, -0.15) is 0 Å². The zero-order valence-electron chi connectivity index (χ0n) is 10.5. The highest BCUT2D eigenvalue weighted by atomic mass is 32.1. The Kier molecular flexibility index (Phi) is 3.39. The van der Waals surface area contributed by atoms with Gasteiger partial charge in [0.15, 0.2) is 0 Å². The Bertz CT molecular complexity index is 433. The van der Waals surface area contributed by atoms with E-state index >= 15 is 0 Å². The third kappa shape index (κ3) is 2.08. The fraction of sp³-hybridized carbons (Fsp3) is 0.643. The van der Waals surface area contributed by atoms with Gasteiger partial charge in [0.2, 0.25) is 0 Å². The van der Waals surface area contributed by atoms with Gasteiger partial charge in [0.05, 0.1) is 17.5 Å². The summed E-state index contributed by atoms with van der Waals surface area (Å²) in [6.45, 7) is 0.892. The molecule has 1 aromatic rings. The Balaban J connectivity index is 1.80. The van der Waals surface area contributed by atoms with Crippen LogP contribution in [0.1, 0.15) is 45.8 Å². The van der Waals surface area contributed by atoms with E-state index in [9.17, 15) is 9.90 Å². The molecule has 1 N–H and O–H groups in total. The minimum absolute atomic E-state index is 0.0307. The minimum atomic E-state index is 0.0307. The molecule has 0 aromatic carbocycles. The fourth-order valence-corrected chi connectivity index (χ4v) is 4.24. The molecule has 1 aromatic heterocycles. The Morgan fingerprint density at radius 1 is 1.39 bits per heavy atom. The summed E-state index contributed by atoms with van der Waals surface area (Å²) >= 11 is 1.66. The second-order valence-corrected chi connectivity index (χ2v) is 6.38. The highest BCUT2D eigenvalue weighted by Crippen LogP contribution is 2.32. The van der Waals surface area contributed by atoms with E-state index in [1.54, 1.807) is 11.3 Å². The molecule has 18 heavy (non-hydrogen) atoms. The molecular formula is C14H19NO2S. The van der Waals surface area contributed by atoms with Crippen LogP contribution in [-0.4, -0.2) is 35.1 Å². The normalized spacial score (nSPS) is 23.2. The van der Waals surface area contributed by atoms with Crippen LogP contribution in [0.3, 0.4) is 0 Å². The summed E-state index contributed by atoms with van der Waals surface area (Å²) in [4.78, 5) is 16.7. The van der Waals surface area contributed by atoms with E-state index in [1.807, 2.05) is 4.90 Å². The minimum Gasteiger partial charge on any atom is -0.394 e. The number of thiophene rings is 1. The predicted octanol–water partition coefficient (Wildman–Crippen LogP) is 2.22. The number of rotatable bonds is 2. The first kappa shape index (κ1) is 12.2. The number of carbonyl (C=O) groups is 1. The lowest BCUT2D eigenvalue weighted by atomic mass is 10.0. The first-order chi connectivity index (χ1) is 8.79. The van der Waals surface area contributed by atoms with Crippen LogP contribution in [0.15, 0.2) is 6.07 Å². The van der Waals surface area contributed by atoms with Gasteiger partial charge in [-0.3, -0.25) is 4.79 Å². The molecule has 1 aliphatic heterocycles. The van der Waals surface area contributed by atoms with Gasteiger partial charge in [0.1, 0.15) is 0 Å². The third-order valence-electron chi connectivity index (χ3n) is 4.06. The first-order valence-corrected chi connectivity index (χ1v) is 7.64. The molecule has 98 valence electrons. The average Bonchev–Trinajstić information content (AvgIpc) is 2.98. The number of hydrogen-bond donors (Lipinski definition) is 1. The monoisotopic (exact) mass is 265 g/mol. The summed E-state index contributed by atoms with van der Waals surface area (Å²) in [5.74, 6) is 0.133. The summed E-state index contributed by atoms with van der Waals surface area (Å²) in [5.41, 5.74) is 1.38. The summed E-state index contributed by atoms with van der Waals surface area (Å²) in [6.07, 6.45) is 6.62. The van der Waals surface area contributed by atoms with Gasteiger partial charge in [-0.05, 0) is 50.2 Å². The van der Waals surface area contributed by atoms with Crippen molar-refractivity contribution in [3.8, 4) is 0 Å². The van der Waals surface area contributed by atoms with E-state index in [0.29, 0.717) is 0 Å². The Labute approximate surface area is 111 Å². The largest absolute Gasteiger partial charge is 0.394 e. The van der Waals surface area contributed by atoms with Gasteiger partial charge in [0.25, 0.3) is 5.91 Å². The van der Waals surface area contributed by atoms with Crippen molar-refractivity contribution in [3.63, 3.8) is 0 Å². The lowest BCUT2D eigenvalue weighted by molar-refractivity contribution is 0.0507. The van der Waals surface area contributed by atoms with E-state index in [2.05, 4.69) is 6.07 Å². The van der Waals surface area contributed by atoms with Crippen molar-refractivity contribution in [2.24, 2.45) is 0 Å². The van der Waals surface area contributed by atoms with Crippen LogP contribution in [0, 0.1) is 0 Å². The number of carbonyl (C=O) groups excluding carboxylic acids is 1. The van der Waals surface area contributed by atoms with E-state index in [1.165, 1.54) is 16.9 Å². The summed E-state index contributed by atoms with van der Waals surface area (Å²) in [6, 6.07) is 2.11. The molecule has 1 fully saturated rings. The van der Waals surface area contributed by atoms with E-state index < -0.39 is 0 Å². The maximum atomic E-state index is 12.5. The molecule has 3 rings (SSSR count). The van der Waals surface area contributed by atoms with Crippen LogP contribution in [0.5, 0.6) is 0 Å². The van der Waals surface area contributed by atoms with Gasteiger partial charge >= 0.3 is 0 Å². The lowest BCUT2D eigenvalue weighted by Gasteiger charge is -2.34. The molecule has 0 radical (unpaired) electrons. The van der Waals surface area contributed by atoms with Gasteiger partial charge in [-0.15, -0.1) is 11.3 Å². The maximum absolute atomic E-state index is 12.5. The second kappa shape index (κ2) is 5.02. The molecule has 0 spiro atoms. The zero-order valence-corrected chi connectivity index (χ0v) is 11.3. The SMILES string of the molecule is O=C(c1cc2c(s1)CCC2)N1CCCCC1CO. The molecule has 1 amide bonds. The van der Waals surface area contributed by atoms with E-state index in [0.717, 1.165) is 43.5 Å². The first-order valence-electron chi connectivity index (χ1n) is 6.83. The number of nitrogens with zero attached hydrogens (tertiary/aromatic N) is 1. The summed E-state index contributed by atoms with van der Waals surface area (Å²) in [7, 11) is 0. The molecule has 1 atom stereocenters. The maximum Gasteiger partial charge on any atom is 0.264 e. The quantitative estimate of drug-likeness (QED) is 0.890. The van der Waals surface area contributed by atoms with Crippen molar-refractivity contribution in [2.45, 2.75) is 44.6 Å². The molecule has 0 saturated carbocycles. The molecular weight excluding hydrogens is 246 g/mol. The van der Waals surface area contributed by atoms with Gasteiger partial charge in [0, 0.05) is 11.4 Å². The number of piperidine rings is 1. The predicted molar refractivity (Wildman–Crippen MR) is 72.1 cm³/mol.